The number of amides is 3. The number of terminal acetylenes is 1. The molecule has 1 heterocycles. The number of carbonyl (C=O) groups is 2. The van der Waals surface area contributed by atoms with Crippen LogP contribution < -0.4 is 16.4 Å². The topological polar surface area (TPSA) is 121 Å². The Balaban J connectivity index is 2.14. The van der Waals surface area contributed by atoms with Crippen LogP contribution in [0.1, 0.15) is 18.1 Å². The van der Waals surface area contributed by atoms with Crippen molar-refractivity contribution in [1.29, 1.82) is 0 Å². The van der Waals surface area contributed by atoms with Crippen LogP contribution in [0.2, 0.25) is 0 Å². The molecule has 0 saturated heterocycles. The fraction of sp³-hybridized carbons (Fsp3) is 0.208. The lowest BCUT2D eigenvalue weighted by Crippen LogP contribution is -2.29. The van der Waals surface area contributed by atoms with Crippen LogP contribution in [0.25, 0.3) is 21.9 Å². The highest BCUT2D eigenvalue weighted by molar-refractivity contribution is 6.01. The number of urea groups is 1. The number of hydrogen-bond acceptors (Lipinski definition) is 4. The van der Waals surface area contributed by atoms with E-state index in [-0.39, 0.29) is 19.1 Å². The van der Waals surface area contributed by atoms with Crippen molar-refractivity contribution in [2.24, 2.45) is 5.73 Å². The molecule has 0 fully saturated rings. The van der Waals surface area contributed by atoms with E-state index in [1.54, 1.807) is 12.3 Å². The number of nitrogens with zero attached hydrogens (tertiary/aromatic N) is 2. The molecule has 0 aliphatic rings. The monoisotopic (exact) mass is 431 g/mol. The van der Waals surface area contributed by atoms with Crippen molar-refractivity contribution in [3.63, 3.8) is 0 Å². The Morgan fingerprint density at radius 1 is 1.22 bits per heavy atom. The summed E-state index contributed by atoms with van der Waals surface area (Å²) < 4.78 is 0. The lowest BCUT2D eigenvalue weighted by atomic mass is 9.95. The average Bonchev–Trinajstić information content (AvgIpc) is 2.78. The van der Waals surface area contributed by atoms with E-state index in [1.165, 1.54) is 0 Å². The van der Waals surface area contributed by atoms with Gasteiger partial charge in [0.2, 0.25) is 0 Å². The number of rotatable bonds is 7. The van der Waals surface area contributed by atoms with Crippen molar-refractivity contribution in [2.45, 2.75) is 20.0 Å². The van der Waals surface area contributed by atoms with Crippen LogP contribution in [0.3, 0.4) is 0 Å². The number of nitrogens with two attached hydrogens (primary N) is 1. The molecule has 5 N–H and O–H groups in total. The molecule has 1 aromatic heterocycles. The van der Waals surface area contributed by atoms with E-state index >= 15 is 0 Å². The summed E-state index contributed by atoms with van der Waals surface area (Å²) in [6.07, 6.45) is 5.87. The Morgan fingerprint density at radius 3 is 2.72 bits per heavy atom. The standard InChI is InChI=1S/C24H25N5O3/c1-3-10-29(24(31)32)15-18-8-9-19(17-7-5-6-16(11-17)13-25)20-12-22(27-14-21(18)20)28-23(30)26-4-2/h1,5-9,11-12,14H,4,10,13,15,25H2,2H3,(H,31,32)(H2,26,27,28,30). The fourth-order valence-electron chi connectivity index (χ4n) is 3.45. The third-order valence-corrected chi connectivity index (χ3v) is 4.96. The number of anilines is 1. The van der Waals surface area contributed by atoms with Crippen LogP contribution >= 0.6 is 0 Å². The van der Waals surface area contributed by atoms with E-state index in [2.05, 4.69) is 21.5 Å². The average molecular weight is 431 g/mol. The second kappa shape index (κ2) is 10.3. The molecule has 0 saturated carbocycles. The third kappa shape index (κ3) is 5.14. The van der Waals surface area contributed by atoms with Gasteiger partial charge in [0.05, 0.1) is 13.1 Å². The second-order valence-electron chi connectivity index (χ2n) is 7.12. The van der Waals surface area contributed by atoms with Crippen molar-refractivity contribution < 1.29 is 14.7 Å². The Labute approximate surface area is 186 Å². The van der Waals surface area contributed by atoms with E-state index in [4.69, 9.17) is 12.2 Å². The summed E-state index contributed by atoms with van der Waals surface area (Å²) in [6.45, 7) is 2.81. The van der Waals surface area contributed by atoms with Gasteiger partial charge in [-0.05, 0) is 46.7 Å². The van der Waals surface area contributed by atoms with Crippen LogP contribution in [0.5, 0.6) is 0 Å². The van der Waals surface area contributed by atoms with Gasteiger partial charge < -0.3 is 16.2 Å². The van der Waals surface area contributed by atoms with E-state index in [0.717, 1.165) is 37.9 Å². The molecule has 0 atom stereocenters. The van der Waals surface area contributed by atoms with Gasteiger partial charge >= 0.3 is 12.1 Å². The second-order valence-corrected chi connectivity index (χ2v) is 7.12. The minimum Gasteiger partial charge on any atom is -0.465 e. The van der Waals surface area contributed by atoms with Crippen molar-refractivity contribution >= 4 is 28.7 Å². The predicted octanol–water partition coefficient (Wildman–Crippen LogP) is 3.62. The highest BCUT2D eigenvalue weighted by Gasteiger charge is 2.16. The molecule has 0 bridgehead atoms. The van der Waals surface area contributed by atoms with Gasteiger partial charge in [-0.2, -0.15) is 0 Å². The highest BCUT2D eigenvalue weighted by atomic mass is 16.4. The zero-order chi connectivity index (χ0) is 23.1. The number of hydrogen-bond donors (Lipinski definition) is 4. The van der Waals surface area contributed by atoms with E-state index < -0.39 is 6.09 Å². The molecule has 3 aromatic rings. The lowest BCUT2D eigenvalue weighted by molar-refractivity contribution is 0.149. The zero-order valence-corrected chi connectivity index (χ0v) is 17.8. The third-order valence-electron chi connectivity index (χ3n) is 4.96. The Kier molecular flexibility index (Phi) is 7.26. The first-order valence-electron chi connectivity index (χ1n) is 10.1. The zero-order valence-electron chi connectivity index (χ0n) is 17.8. The smallest absolute Gasteiger partial charge is 0.408 e. The number of fused-ring (bicyclic) bond motifs is 1. The summed E-state index contributed by atoms with van der Waals surface area (Å²) in [5.74, 6) is 2.76. The minimum atomic E-state index is -1.10. The van der Waals surface area contributed by atoms with Gasteiger partial charge in [-0.1, -0.05) is 36.3 Å². The molecule has 8 nitrogen and oxygen atoms in total. The summed E-state index contributed by atoms with van der Waals surface area (Å²) >= 11 is 0. The first kappa shape index (κ1) is 22.6. The maximum absolute atomic E-state index is 12.0. The van der Waals surface area contributed by atoms with Gasteiger partial charge in [-0.15, -0.1) is 6.42 Å². The van der Waals surface area contributed by atoms with E-state index in [0.29, 0.717) is 18.9 Å². The van der Waals surface area contributed by atoms with Gasteiger partial charge in [0, 0.05) is 24.7 Å². The van der Waals surface area contributed by atoms with Crippen LogP contribution in [-0.2, 0) is 13.1 Å². The predicted molar refractivity (Wildman–Crippen MR) is 125 cm³/mol. The SMILES string of the molecule is C#CCN(Cc1ccc(-c2cccc(CN)c2)c2cc(NC(=O)NCC)ncc12)C(=O)O. The van der Waals surface area contributed by atoms with Crippen LogP contribution in [0.4, 0.5) is 15.4 Å². The highest BCUT2D eigenvalue weighted by Crippen LogP contribution is 2.33. The summed E-state index contributed by atoms with van der Waals surface area (Å²) in [6, 6.07) is 13.1. The van der Waals surface area contributed by atoms with E-state index in [9.17, 15) is 14.7 Å². The molecule has 0 aliphatic carbocycles. The number of carbonyl (C=O) groups excluding carboxylic acids is 1. The van der Waals surface area contributed by atoms with Crippen molar-refractivity contribution in [3.8, 4) is 23.5 Å². The van der Waals surface area contributed by atoms with Crippen LogP contribution in [-0.4, -0.2) is 40.2 Å². The summed E-state index contributed by atoms with van der Waals surface area (Å²) in [7, 11) is 0. The van der Waals surface area contributed by atoms with Gasteiger partial charge in [-0.3, -0.25) is 10.2 Å². The summed E-state index contributed by atoms with van der Waals surface area (Å²) in [4.78, 5) is 29.1. The maximum Gasteiger partial charge on any atom is 0.408 e. The number of pyridine rings is 1. The quantitative estimate of drug-likeness (QED) is 0.426. The molecule has 0 unspecified atom stereocenters. The first-order valence-corrected chi connectivity index (χ1v) is 10.1. The van der Waals surface area contributed by atoms with Crippen molar-refractivity contribution in [1.82, 2.24) is 15.2 Å². The summed E-state index contributed by atoms with van der Waals surface area (Å²) in [5, 5.41) is 16.5. The summed E-state index contributed by atoms with van der Waals surface area (Å²) in [5.41, 5.74) is 9.43. The Morgan fingerprint density at radius 2 is 2.03 bits per heavy atom. The molecular weight excluding hydrogens is 406 g/mol. The van der Waals surface area contributed by atoms with Gasteiger partial charge in [0.25, 0.3) is 0 Å². The Bertz CT molecular complexity index is 1190. The van der Waals surface area contributed by atoms with Crippen LogP contribution in [0, 0.1) is 12.3 Å². The first-order chi connectivity index (χ1) is 15.5. The van der Waals surface area contributed by atoms with Gasteiger partial charge in [0.1, 0.15) is 5.82 Å². The molecule has 32 heavy (non-hydrogen) atoms. The van der Waals surface area contributed by atoms with Gasteiger partial charge in [-0.25, -0.2) is 14.6 Å². The Hall–Kier alpha value is -4.09. The number of carboxylic acid groups (broad SMARTS) is 1. The van der Waals surface area contributed by atoms with Crippen molar-refractivity contribution in [3.05, 3.63) is 59.8 Å². The molecule has 3 rings (SSSR count). The normalized spacial score (nSPS) is 10.4. The van der Waals surface area contributed by atoms with Gasteiger partial charge in [0.15, 0.2) is 0 Å². The molecule has 0 radical (unpaired) electrons. The van der Waals surface area contributed by atoms with Crippen molar-refractivity contribution in [2.75, 3.05) is 18.4 Å². The largest absolute Gasteiger partial charge is 0.465 e. The lowest BCUT2D eigenvalue weighted by Gasteiger charge is -2.19. The fourth-order valence-corrected chi connectivity index (χ4v) is 3.45. The molecule has 0 spiro atoms. The molecule has 0 aliphatic heterocycles. The molecule has 8 heteroatoms. The number of benzene rings is 2. The molecule has 2 aromatic carbocycles. The maximum atomic E-state index is 12.0. The number of nitrogens with one attached hydrogen (secondary N) is 2. The van der Waals surface area contributed by atoms with E-state index in [1.807, 2.05) is 43.3 Å². The molecular formula is C24H25N5O3. The number of aromatic nitrogens is 1. The molecule has 164 valence electrons. The van der Waals surface area contributed by atoms with Crippen LogP contribution in [0.15, 0.2) is 48.7 Å². The minimum absolute atomic E-state index is 0.0264. The molecule has 3 amide bonds.